The molecule has 0 heterocycles. The van der Waals surface area contributed by atoms with Crippen LogP contribution in [0.5, 0.6) is 5.75 Å². The molecule has 0 saturated carbocycles. The van der Waals surface area contributed by atoms with Gasteiger partial charge in [-0.2, -0.15) is 0 Å². The van der Waals surface area contributed by atoms with Gasteiger partial charge in [0.2, 0.25) is 5.91 Å². The SMILES string of the molecule is CCCC(N)C(=O)Nc1cc(C(=O)N(C)C)ccc1OCC.Cl. The van der Waals surface area contributed by atoms with E-state index in [4.69, 9.17) is 10.5 Å². The summed E-state index contributed by atoms with van der Waals surface area (Å²) >= 11 is 0. The fraction of sp³-hybridized carbons (Fsp3) is 0.500. The van der Waals surface area contributed by atoms with Gasteiger partial charge in [0.15, 0.2) is 0 Å². The van der Waals surface area contributed by atoms with Crippen LogP contribution >= 0.6 is 12.4 Å². The Hall–Kier alpha value is -1.79. The maximum Gasteiger partial charge on any atom is 0.253 e. The predicted molar refractivity (Wildman–Crippen MR) is 94.4 cm³/mol. The second-order valence-electron chi connectivity index (χ2n) is 5.23. The highest BCUT2D eigenvalue weighted by atomic mass is 35.5. The largest absolute Gasteiger partial charge is 0.492 e. The van der Waals surface area contributed by atoms with E-state index in [-0.39, 0.29) is 24.2 Å². The van der Waals surface area contributed by atoms with Crippen molar-refractivity contribution in [3.63, 3.8) is 0 Å². The van der Waals surface area contributed by atoms with Crippen LogP contribution in [0, 0.1) is 0 Å². The molecule has 1 rings (SSSR count). The van der Waals surface area contributed by atoms with Crippen LogP contribution in [0.4, 0.5) is 5.69 Å². The highest BCUT2D eigenvalue weighted by Gasteiger charge is 2.17. The summed E-state index contributed by atoms with van der Waals surface area (Å²) in [6.07, 6.45) is 1.43. The molecule has 1 unspecified atom stereocenters. The topological polar surface area (TPSA) is 84.7 Å². The summed E-state index contributed by atoms with van der Waals surface area (Å²) in [4.78, 5) is 25.6. The van der Waals surface area contributed by atoms with Crippen molar-refractivity contribution in [2.24, 2.45) is 5.73 Å². The summed E-state index contributed by atoms with van der Waals surface area (Å²) in [6.45, 7) is 4.29. The molecule has 0 aliphatic carbocycles. The Morgan fingerprint density at radius 2 is 1.96 bits per heavy atom. The monoisotopic (exact) mass is 343 g/mol. The van der Waals surface area contributed by atoms with Crippen molar-refractivity contribution in [3.05, 3.63) is 23.8 Å². The Morgan fingerprint density at radius 1 is 1.30 bits per heavy atom. The van der Waals surface area contributed by atoms with E-state index in [1.165, 1.54) is 4.90 Å². The smallest absolute Gasteiger partial charge is 0.253 e. The van der Waals surface area contributed by atoms with Gasteiger partial charge in [-0.1, -0.05) is 13.3 Å². The molecule has 7 heteroatoms. The van der Waals surface area contributed by atoms with E-state index in [9.17, 15) is 9.59 Å². The van der Waals surface area contributed by atoms with Crippen molar-refractivity contribution < 1.29 is 14.3 Å². The maximum absolute atomic E-state index is 12.1. The fourth-order valence-corrected chi connectivity index (χ4v) is 1.97. The number of hydrogen-bond acceptors (Lipinski definition) is 4. The third kappa shape index (κ3) is 6.08. The quantitative estimate of drug-likeness (QED) is 0.795. The van der Waals surface area contributed by atoms with E-state index in [0.29, 0.717) is 30.0 Å². The summed E-state index contributed by atoms with van der Waals surface area (Å²) in [5.74, 6) is 0.100. The molecule has 0 radical (unpaired) electrons. The Morgan fingerprint density at radius 3 is 2.48 bits per heavy atom. The van der Waals surface area contributed by atoms with E-state index >= 15 is 0 Å². The molecule has 0 bridgehead atoms. The van der Waals surface area contributed by atoms with Crippen molar-refractivity contribution in [2.45, 2.75) is 32.7 Å². The summed E-state index contributed by atoms with van der Waals surface area (Å²) in [6, 6.07) is 4.40. The van der Waals surface area contributed by atoms with Gasteiger partial charge in [0.05, 0.1) is 18.3 Å². The van der Waals surface area contributed by atoms with Crippen LogP contribution in [0.25, 0.3) is 0 Å². The lowest BCUT2D eigenvalue weighted by atomic mass is 10.1. The summed E-state index contributed by atoms with van der Waals surface area (Å²) in [7, 11) is 3.35. The lowest BCUT2D eigenvalue weighted by Gasteiger charge is -2.17. The number of amides is 2. The van der Waals surface area contributed by atoms with Gasteiger partial charge in [-0.05, 0) is 31.5 Å². The number of nitrogens with two attached hydrogens (primary N) is 1. The van der Waals surface area contributed by atoms with E-state index in [2.05, 4.69) is 5.32 Å². The van der Waals surface area contributed by atoms with Gasteiger partial charge in [-0.25, -0.2) is 0 Å². The number of benzene rings is 1. The number of hydrogen-bond donors (Lipinski definition) is 2. The van der Waals surface area contributed by atoms with Gasteiger partial charge < -0.3 is 20.7 Å². The molecule has 1 atom stereocenters. The molecule has 0 aliphatic heterocycles. The Kier molecular flexibility index (Phi) is 9.29. The van der Waals surface area contributed by atoms with Crippen LogP contribution < -0.4 is 15.8 Å². The van der Waals surface area contributed by atoms with Gasteiger partial charge in [0.1, 0.15) is 5.75 Å². The molecule has 1 aromatic carbocycles. The number of rotatable bonds is 7. The molecule has 130 valence electrons. The minimum absolute atomic E-state index is 0. The zero-order chi connectivity index (χ0) is 16.7. The standard InChI is InChI=1S/C16H25N3O3.ClH/c1-5-7-12(17)15(20)18-13-10-11(16(21)19(3)4)8-9-14(13)22-6-2;/h8-10,12H,5-7,17H2,1-4H3,(H,18,20);1H. The molecular weight excluding hydrogens is 318 g/mol. The lowest BCUT2D eigenvalue weighted by molar-refractivity contribution is -0.117. The molecular formula is C16H26ClN3O3. The molecule has 1 aromatic rings. The van der Waals surface area contributed by atoms with Gasteiger partial charge in [0.25, 0.3) is 5.91 Å². The van der Waals surface area contributed by atoms with Crippen molar-refractivity contribution in [3.8, 4) is 5.75 Å². The second kappa shape index (κ2) is 10.1. The van der Waals surface area contributed by atoms with Crippen LogP contribution in [-0.4, -0.2) is 43.5 Å². The van der Waals surface area contributed by atoms with E-state index in [1.807, 2.05) is 13.8 Å². The molecule has 0 saturated heterocycles. The number of carbonyl (C=O) groups excluding carboxylic acids is 2. The summed E-state index contributed by atoms with van der Waals surface area (Å²) in [5, 5.41) is 2.75. The Balaban J connectivity index is 0.00000484. The lowest BCUT2D eigenvalue weighted by Crippen LogP contribution is -2.35. The molecule has 0 fully saturated rings. The number of nitrogens with zero attached hydrogens (tertiary/aromatic N) is 1. The molecule has 6 nitrogen and oxygen atoms in total. The molecule has 0 aliphatic rings. The molecule has 3 N–H and O–H groups in total. The van der Waals surface area contributed by atoms with Gasteiger partial charge >= 0.3 is 0 Å². The summed E-state index contributed by atoms with van der Waals surface area (Å²) < 4.78 is 5.49. The first-order valence-corrected chi connectivity index (χ1v) is 7.45. The van der Waals surface area contributed by atoms with Crippen LogP contribution in [0.1, 0.15) is 37.0 Å². The average molecular weight is 344 g/mol. The van der Waals surface area contributed by atoms with Crippen molar-refractivity contribution in [1.82, 2.24) is 4.90 Å². The van der Waals surface area contributed by atoms with Crippen LogP contribution in [0.2, 0.25) is 0 Å². The van der Waals surface area contributed by atoms with E-state index < -0.39 is 6.04 Å². The van der Waals surface area contributed by atoms with Crippen LogP contribution in [0.3, 0.4) is 0 Å². The van der Waals surface area contributed by atoms with E-state index in [0.717, 1.165) is 6.42 Å². The van der Waals surface area contributed by atoms with E-state index in [1.54, 1.807) is 32.3 Å². The van der Waals surface area contributed by atoms with Crippen molar-refractivity contribution >= 4 is 29.9 Å². The maximum atomic E-state index is 12.1. The first-order valence-electron chi connectivity index (χ1n) is 7.45. The van der Waals surface area contributed by atoms with Crippen LogP contribution in [0.15, 0.2) is 18.2 Å². The second-order valence-corrected chi connectivity index (χ2v) is 5.23. The van der Waals surface area contributed by atoms with Gasteiger partial charge in [0, 0.05) is 19.7 Å². The Labute approximate surface area is 143 Å². The Bertz CT molecular complexity index is 535. The average Bonchev–Trinajstić information content (AvgIpc) is 2.48. The summed E-state index contributed by atoms with van der Waals surface area (Å²) in [5.41, 5.74) is 6.76. The number of halogens is 1. The van der Waals surface area contributed by atoms with Crippen molar-refractivity contribution in [1.29, 1.82) is 0 Å². The third-order valence-corrected chi connectivity index (χ3v) is 3.13. The minimum Gasteiger partial charge on any atom is -0.492 e. The molecule has 0 spiro atoms. The first kappa shape index (κ1) is 21.2. The minimum atomic E-state index is -0.576. The fourth-order valence-electron chi connectivity index (χ4n) is 1.97. The zero-order valence-corrected chi connectivity index (χ0v) is 14.9. The number of anilines is 1. The third-order valence-electron chi connectivity index (χ3n) is 3.13. The zero-order valence-electron chi connectivity index (χ0n) is 14.1. The van der Waals surface area contributed by atoms with Crippen LogP contribution in [-0.2, 0) is 4.79 Å². The first-order chi connectivity index (χ1) is 10.4. The number of ether oxygens (including phenoxy) is 1. The molecule has 23 heavy (non-hydrogen) atoms. The number of carbonyl (C=O) groups is 2. The normalized spacial score (nSPS) is 11.2. The van der Waals surface area contributed by atoms with Crippen molar-refractivity contribution in [2.75, 3.05) is 26.0 Å². The van der Waals surface area contributed by atoms with Gasteiger partial charge in [-0.15, -0.1) is 12.4 Å². The highest BCUT2D eigenvalue weighted by Crippen LogP contribution is 2.26. The van der Waals surface area contributed by atoms with Gasteiger partial charge in [-0.3, -0.25) is 9.59 Å². The predicted octanol–water partition coefficient (Wildman–Crippen LogP) is 2.27. The molecule has 2 amide bonds. The highest BCUT2D eigenvalue weighted by molar-refractivity contribution is 5.99. The molecule has 0 aromatic heterocycles. The number of nitrogens with one attached hydrogen (secondary N) is 1.